The fourth-order valence-electron chi connectivity index (χ4n) is 2.80. The zero-order valence-corrected chi connectivity index (χ0v) is 19.2. The standard InChI is InChI=1S/C20H29N3O13/c24-11-36-13(4-7-16(27)28)22-20(35)21-12(19(33)34)3-1-2-10-23(14(25)5-8-17(29)30)15(26)6-9-18(31)32/h11-13H,1-10H2,(H,27,28)(H,29,30)(H,31,32)(H,33,34)(H2,21,22,35)/t12-,13+/m0/s1. The molecule has 202 valence electrons. The van der Waals surface area contributed by atoms with E-state index in [4.69, 9.17) is 15.3 Å². The van der Waals surface area contributed by atoms with Gasteiger partial charge < -0.3 is 35.8 Å². The Labute approximate surface area is 204 Å². The van der Waals surface area contributed by atoms with Crippen LogP contribution in [0.25, 0.3) is 0 Å². The summed E-state index contributed by atoms with van der Waals surface area (Å²) >= 11 is 0. The number of ether oxygens (including phenoxy) is 1. The lowest BCUT2D eigenvalue weighted by Crippen LogP contribution is -2.49. The van der Waals surface area contributed by atoms with Gasteiger partial charge in [0.2, 0.25) is 11.8 Å². The van der Waals surface area contributed by atoms with Crippen LogP contribution in [0.2, 0.25) is 0 Å². The average molecular weight is 519 g/mol. The Kier molecular flexibility index (Phi) is 15.2. The molecule has 0 saturated carbocycles. The highest BCUT2D eigenvalue weighted by atomic mass is 16.5. The normalized spacial score (nSPS) is 11.9. The molecule has 16 heteroatoms. The number of nitrogens with one attached hydrogen (secondary N) is 2. The van der Waals surface area contributed by atoms with Crippen LogP contribution >= 0.6 is 0 Å². The summed E-state index contributed by atoms with van der Waals surface area (Å²) in [5.74, 6) is -6.80. The average Bonchev–Trinajstić information content (AvgIpc) is 2.78. The van der Waals surface area contributed by atoms with E-state index in [0.29, 0.717) is 0 Å². The monoisotopic (exact) mass is 519 g/mol. The number of amides is 4. The molecule has 0 aliphatic heterocycles. The van der Waals surface area contributed by atoms with E-state index >= 15 is 0 Å². The molecule has 0 aliphatic rings. The number of urea groups is 1. The molecule has 0 fully saturated rings. The largest absolute Gasteiger partial charge is 0.481 e. The number of nitrogens with zero attached hydrogens (tertiary/aromatic N) is 1. The molecule has 0 saturated heterocycles. The van der Waals surface area contributed by atoms with Crippen molar-refractivity contribution < 1.29 is 63.5 Å². The number of hydrogen-bond donors (Lipinski definition) is 6. The maximum Gasteiger partial charge on any atom is 0.326 e. The van der Waals surface area contributed by atoms with Gasteiger partial charge in [0, 0.05) is 25.8 Å². The summed E-state index contributed by atoms with van der Waals surface area (Å²) < 4.78 is 4.54. The molecule has 0 heterocycles. The highest BCUT2D eigenvalue weighted by Gasteiger charge is 2.24. The predicted octanol–water partition coefficient (Wildman–Crippen LogP) is -0.642. The van der Waals surface area contributed by atoms with Crippen LogP contribution in [0.5, 0.6) is 0 Å². The molecular weight excluding hydrogens is 490 g/mol. The molecule has 0 aromatic carbocycles. The number of aliphatic carboxylic acids is 4. The summed E-state index contributed by atoms with van der Waals surface area (Å²) in [6, 6.07) is -2.48. The minimum absolute atomic E-state index is 0.0112. The van der Waals surface area contributed by atoms with Gasteiger partial charge >= 0.3 is 29.9 Å². The molecule has 0 rings (SSSR count). The Morgan fingerprint density at radius 3 is 1.69 bits per heavy atom. The predicted molar refractivity (Wildman–Crippen MR) is 115 cm³/mol. The van der Waals surface area contributed by atoms with Crippen molar-refractivity contribution in [3.8, 4) is 0 Å². The Bertz CT molecular complexity index is 800. The molecule has 16 nitrogen and oxygen atoms in total. The van der Waals surface area contributed by atoms with Crippen LogP contribution in [0, 0.1) is 0 Å². The first-order valence-corrected chi connectivity index (χ1v) is 10.7. The highest BCUT2D eigenvalue weighted by Crippen LogP contribution is 2.09. The van der Waals surface area contributed by atoms with Gasteiger partial charge in [-0.15, -0.1) is 0 Å². The maximum atomic E-state index is 12.2. The first kappa shape index (κ1) is 31.8. The minimum Gasteiger partial charge on any atom is -0.481 e. The van der Waals surface area contributed by atoms with Crippen molar-refractivity contribution in [2.75, 3.05) is 6.54 Å². The molecule has 4 amide bonds. The molecule has 36 heavy (non-hydrogen) atoms. The number of carboxylic acids is 4. The van der Waals surface area contributed by atoms with Crippen LogP contribution < -0.4 is 10.6 Å². The third-order valence-electron chi connectivity index (χ3n) is 4.57. The summed E-state index contributed by atoms with van der Waals surface area (Å²) in [4.78, 5) is 91.2. The van der Waals surface area contributed by atoms with Crippen molar-refractivity contribution >= 4 is 48.2 Å². The third kappa shape index (κ3) is 14.8. The number of carbonyl (C=O) groups excluding carboxylic acids is 4. The zero-order valence-electron chi connectivity index (χ0n) is 19.2. The molecule has 0 aromatic rings. The Balaban J connectivity index is 4.92. The van der Waals surface area contributed by atoms with Crippen molar-refractivity contribution in [3.05, 3.63) is 0 Å². The maximum absolute atomic E-state index is 12.2. The van der Waals surface area contributed by atoms with Gasteiger partial charge in [-0.2, -0.15) is 0 Å². The number of carbonyl (C=O) groups is 8. The smallest absolute Gasteiger partial charge is 0.326 e. The van der Waals surface area contributed by atoms with Gasteiger partial charge in [0.05, 0.1) is 19.3 Å². The van der Waals surface area contributed by atoms with E-state index in [0.717, 1.165) is 4.90 Å². The number of imide groups is 1. The SMILES string of the molecule is O=CO[C@H](CCC(=O)O)NC(=O)N[C@@H](CCCCN(C(=O)CCC(=O)O)C(=O)CCC(=O)O)C(=O)O. The first-order valence-electron chi connectivity index (χ1n) is 10.7. The molecular formula is C20H29N3O13. The van der Waals surface area contributed by atoms with Gasteiger partial charge in [0.15, 0.2) is 6.23 Å². The van der Waals surface area contributed by atoms with Gasteiger partial charge in [-0.1, -0.05) is 0 Å². The Morgan fingerprint density at radius 1 is 0.722 bits per heavy atom. The van der Waals surface area contributed by atoms with E-state index in [-0.39, 0.29) is 38.7 Å². The second-order valence-corrected chi connectivity index (χ2v) is 7.38. The number of rotatable bonds is 19. The van der Waals surface area contributed by atoms with Crippen LogP contribution in [0.15, 0.2) is 0 Å². The van der Waals surface area contributed by atoms with Gasteiger partial charge in [-0.3, -0.25) is 33.7 Å². The summed E-state index contributed by atoms with van der Waals surface area (Å²) in [7, 11) is 0. The van der Waals surface area contributed by atoms with Gasteiger partial charge in [-0.25, -0.2) is 9.59 Å². The van der Waals surface area contributed by atoms with Crippen LogP contribution in [-0.2, 0) is 38.3 Å². The van der Waals surface area contributed by atoms with Gasteiger partial charge in [0.25, 0.3) is 6.47 Å². The van der Waals surface area contributed by atoms with Gasteiger partial charge in [-0.05, 0) is 19.3 Å². The Hall–Kier alpha value is -4.24. The molecule has 0 unspecified atom stereocenters. The minimum atomic E-state index is -1.43. The van der Waals surface area contributed by atoms with E-state index in [9.17, 15) is 43.5 Å². The second kappa shape index (κ2) is 17.2. The number of unbranched alkanes of at least 4 members (excludes halogenated alkanes) is 1. The zero-order chi connectivity index (χ0) is 27.7. The summed E-state index contributed by atoms with van der Waals surface area (Å²) in [6.45, 7) is -0.234. The van der Waals surface area contributed by atoms with Crippen molar-refractivity contribution in [3.63, 3.8) is 0 Å². The lowest BCUT2D eigenvalue weighted by Gasteiger charge is -2.22. The number of hydrogen-bond acceptors (Lipinski definition) is 9. The summed E-state index contributed by atoms with van der Waals surface area (Å²) in [5, 5.41) is 39.7. The Morgan fingerprint density at radius 2 is 1.25 bits per heavy atom. The first-order chi connectivity index (χ1) is 16.9. The van der Waals surface area contributed by atoms with Crippen molar-refractivity contribution in [2.45, 2.75) is 70.1 Å². The van der Waals surface area contributed by atoms with E-state index in [1.807, 2.05) is 0 Å². The molecule has 0 aromatic heterocycles. The molecule has 6 N–H and O–H groups in total. The third-order valence-corrected chi connectivity index (χ3v) is 4.57. The quantitative estimate of drug-likeness (QED) is 0.0706. The topological polar surface area (TPSA) is 254 Å². The fourth-order valence-corrected chi connectivity index (χ4v) is 2.80. The van der Waals surface area contributed by atoms with Crippen molar-refractivity contribution in [1.82, 2.24) is 15.5 Å². The van der Waals surface area contributed by atoms with Gasteiger partial charge in [0.1, 0.15) is 6.04 Å². The molecule has 0 spiro atoms. The summed E-state index contributed by atoms with van der Waals surface area (Å²) in [6.07, 6.45) is -4.06. The lowest BCUT2D eigenvalue weighted by atomic mass is 10.1. The van der Waals surface area contributed by atoms with E-state index in [2.05, 4.69) is 15.4 Å². The summed E-state index contributed by atoms with van der Waals surface area (Å²) in [5.41, 5.74) is 0. The van der Waals surface area contributed by atoms with Crippen LogP contribution in [0.1, 0.15) is 57.8 Å². The number of carboxylic acid groups (broad SMARTS) is 4. The van der Waals surface area contributed by atoms with Crippen LogP contribution in [0.4, 0.5) is 4.79 Å². The van der Waals surface area contributed by atoms with E-state index < -0.39 is 86.1 Å². The van der Waals surface area contributed by atoms with Crippen LogP contribution in [-0.4, -0.2) is 92.3 Å². The fraction of sp³-hybridized carbons (Fsp3) is 0.600. The van der Waals surface area contributed by atoms with E-state index in [1.54, 1.807) is 0 Å². The highest BCUT2D eigenvalue weighted by molar-refractivity contribution is 5.97. The molecule has 2 atom stereocenters. The van der Waals surface area contributed by atoms with Crippen molar-refractivity contribution in [2.24, 2.45) is 0 Å². The molecule has 0 aliphatic carbocycles. The van der Waals surface area contributed by atoms with Crippen LogP contribution in [0.3, 0.4) is 0 Å². The second-order valence-electron chi connectivity index (χ2n) is 7.38. The molecule has 0 bridgehead atoms. The molecule has 0 radical (unpaired) electrons. The van der Waals surface area contributed by atoms with Crippen molar-refractivity contribution in [1.29, 1.82) is 0 Å². The lowest BCUT2D eigenvalue weighted by molar-refractivity contribution is -0.149. The van der Waals surface area contributed by atoms with E-state index in [1.165, 1.54) is 0 Å².